The molecule has 0 aliphatic heterocycles. The summed E-state index contributed by atoms with van der Waals surface area (Å²) in [5.74, 6) is 0. The summed E-state index contributed by atoms with van der Waals surface area (Å²) in [7, 11) is 0. The highest BCUT2D eigenvalue weighted by Gasteiger charge is 2.06. The van der Waals surface area contributed by atoms with Crippen molar-refractivity contribution >= 4 is 44.2 Å². The summed E-state index contributed by atoms with van der Waals surface area (Å²) in [6, 6.07) is 15.5. The predicted octanol–water partition coefficient (Wildman–Crippen LogP) is 5.41. The predicted molar refractivity (Wildman–Crippen MR) is 94.8 cm³/mol. The van der Waals surface area contributed by atoms with Crippen LogP contribution in [0.25, 0.3) is 0 Å². The summed E-state index contributed by atoms with van der Waals surface area (Å²) in [6.07, 6.45) is 1.03. The van der Waals surface area contributed by atoms with Crippen molar-refractivity contribution in [2.75, 3.05) is 5.32 Å². The molecule has 19 heavy (non-hydrogen) atoms. The molecular formula is C16H17BrIN. The zero-order valence-corrected chi connectivity index (χ0v) is 14.8. The van der Waals surface area contributed by atoms with Crippen molar-refractivity contribution in [2.45, 2.75) is 26.3 Å². The van der Waals surface area contributed by atoms with Gasteiger partial charge < -0.3 is 5.32 Å². The fraction of sp³-hybridized carbons (Fsp3) is 0.250. The molecule has 0 heterocycles. The van der Waals surface area contributed by atoms with Crippen LogP contribution in [-0.2, 0) is 6.42 Å². The summed E-state index contributed by atoms with van der Waals surface area (Å²) >= 11 is 5.81. The van der Waals surface area contributed by atoms with E-state index >= 15 is 0 Å². The molecule has 0 radical (unpaired) electrons. The molecule has 0 aliphatic carbocycles. The van der Waals surface area contributed by atoms with Crippen molar-refractivity contribution in [1.29, 1.82) is 0 Å². The minimum Gasteiger partial charge on any atom is -0.382 e. The SMILES string of the molecule is Cc1cc(I)ccc1NC(C)Cc1ccc(Br)cc1. The van der Waals surface area contributed by atoms with E-state index in [1.165, 1.54) is 20.4 Å². The highest BCUT2D eigenvalue weighted by Crippen LogP contribution is 2.19. The number of anilines is 1. The van der Waals surface area contributed by atoms with Gasteiger partial charge in [-0.2, -0.15) is 0 Å². The average Bonchev–Trinajstić information content (AvgIpc) is 2.36. The molecule has 1 atom stereocenters. The lowest BCUT2D eigenvalue weighted by molar-refractivity contribution is 0.789. The molecule has 0 saturated carbocycles. The molecule has 0 amide bonds. The maximum atomic E-state index is 3.59. The monoisotopic (exact) mass is 429 g/mol. The quantitative estimate of drug-likeness (QED) is 0.641. The molecule has 2 aromatic carbocycles. The van der Waals surface area contributed by atoms with E-state index in [-0.39, 0.29) is 0 Å². The molecule has 0 saturated heterocycles. The Kier molecular flexibility index (Phi) is 5.28. The van der Waals surface area contributed by atoms with E-state index in [1.54, 1.807) is 0 Å². The Bertz CT molecular complexity index is 551. The normalized spacial score (nSPS) is 12.2. The Morgan fingerprint density at radius 2 is 1.84 bits per heavy atom. The lowest BCUT2D eigenvalue weighted by Gasteiger charge is -2.17. The first-order valence-electron chi connectivity index (χ1n) is 6.32. The van der Waals surface area contributed by atoms with E-state index in [9.17, 15) is 0 Å². The largest absolute Gasteiger partial charge is 0.382 e. The van der Waals surface area contributed by atoms with E-state index in [1.807, 2.05) is 0 Å². The highest BCUT2D eigenvalue weighted by molar-refractivity contribution is 14.1. The summed E-state index contributed by atoms with van der Waals surface area (Å²) in [5.41, 5.74) is 3.88. The third kappa shape index (κ3) is 4.49. The van der Waals surface area contributed by atoms with Gasteiger partial charge in [0.15, 0.2) is 0 Å². The second kappa shape index (κ2) is 6.75. The number of halogens is 2. The topological polar surface area (TPSA) is 12.0 Å². The maximum absolute atomic E-state index is 3.59. The Labute approximate surface area is 137 Å². The Morgan fingerprint density at radius 3 is 2.47 bits per heavy atom. The molecule has 0 spiro atoms. The minimum absolute atomic E-state index is 0.417. The van der Waals surface area contributed by atoms with Crippen LogP contribution in [0.4, 0.5) is 5.69 Å². The number of rotatable bonds is 4. The zero-order chi connectivity index (χ0) is 13.8. The van der Waals surface area contributed by atoms with Gasteiger partial charge in [0.05, 0.1) is 0 Å². The van der Waals surface area contributed by atoms with Crippen LogP contribution >= 0.6 is 38.5 Å². The van der Waals surface area contributed by atoms with Crippen LogP contribution < -0.4 is 5.32 Å². The molecule has 1 unspecified atom stereocenters. The number of benzene rings is 2. The Morgan fingerprint density at radius 1 is 1.16 bits per heavy atom. The summed E-state index contributed by atoms with van der Waals surface area (Å²) in [5, 5.41) is 3.59. The number of aryl methyl sites for hydroxylation is 1. The second-order valence-corrected chi connectivity index (χ2v) is 7.00. The number of hydrogen-bond donors (Lipinski definition) is 1. The first-order valence-corrected chi connectivity index (χ1v) is 8.19. The molecule has 3 heteroatoms. The van der Waals surface area contributed by atoms with E-state index < -0.39 is 0 Å². The molecule has 0 fully saturated rings. The van der Waals surface area contributed by atoms with Gasteiger partial charge in [0.25, 0.3) is 0 Å². The van der Waals surface area contributed by atoms with Gasteiger partial charge in [-0.1, -0.05) is 28.1 Å². The Hall–Kier alpha value is -0.550. The fourth-order valence-electron chi connectivity index (χ4n) is 2.08. The molecule has 1 nitrogen and oxygen atoms in total. The van der Waals surface area contributed by atoms with E-state index in [4.69, 9.17) is 0 Å². The van der Waals surface area contributed by atoms with Gasteiger partial charge >= 0.3 is 0 Å². The van der Waals surface area contributed by atoms with Crippen LogP contribution in [0.2, 0.25) is 0 Å². The summed E-state index contributed by atoms with van der Waals surface area (Å²) in [4.78, 5) is 0. The smallest absolute Gasteiger partial charge is 0.0372 e. The van der Waals surface area contributed by atoms with Gasteiger partial charge in [-0.05, 0) is 84.3 Å². The Balaban J connectivity index is 2.01. The third-order valence-electron chi connectivity index (χ3n) is 3.05. The zero-order valence-electron chi connectivity index (χ0n) is 11.1. The standard InChI is InChI=1S/C16H17BrIN/c1-11-9-15(18)7-8-16(11)19-12(2)10-13-3-5-14(17)6-4-13/h3-9,12,19H,10H2,1-2H3. The van der Waals surface area contributed by atoms with E-state index in [0.717, 1.165) is 10.9 Å². The van der Waals surface area contributed by atoms with Crippen LogP contribution in [-0.4, -0.2) is 6.04 Å². The highest BCUT2D eigenvalue weighted by atomic mass is 127. The minimum atomic E-state index is 0.417. The molecular weight excluding hydrogens is 413 g/mol. The lowest BCUT2D eigenvalue weighted by Crippen LogP contribution is -2.18. The number of hydrogen-bond acceptors (Lipinski definition) is 1. The van der Waals surface area contributed by atoms with Crippen LogP contribution in [0.3, 0.4) is 0 Å². The first-order chi connectivity index (χ1) is 9.04. The van der Waals surface area contributed by atoms with Crippen molar-refractivity contribution in [2.24, 2.45) is 0 Å². The molecule has 0 aromatic heterocycles. The second-order valence-electron chi connectivity index (χ2n) is 4.84. The van der Waals surface area contributed by atoms with Crippen LogP contribution in [0, 0.1) is 10.5 Å². The summed E-state index contributed by atoms with van der Waals surface area (Å²) in [6.45, 7) is 4.37. The van der Waals surface area contributed by atoms with Gasteiger partial charge in [-0.15, -0.1) is 0 Å². The first kappa shape index (κ1) is 14.9. The van der Waals surface area contributed by atoms with Crippen molar-refractivity contribution in [3.8, 4) is 0 Å². The fourth-order valence-corrected chi connectivity index (χ4v) is 2.99. The number of nitrogens with one attached hydrogen (secondary N) is 1. The molecule has 1 N–H and O–H groups in total. The molecule has 100 valence electrons. The van der Waals surface area contributed by atoms with Crippen molar-refractivity contribution in [3.05, 3.63) is 61.6 Å². The molecule has 2 rings (SSSR count). The van der Waals surface area contributed by atoms with E-state index in [0.29, 0.717) is 6.04 Å². The van der Waals surface area contributed by atoms with Gasteiger partial charge in [-0.25, -0.2) is 0 Å². The molecule has 2 aromatic rings. The van der Waals surface area contributed by atoms with Gasteiger partial charge in [0.2, 0.25) is 0 Å². The average molecular weight is 430 g/mol. The van der Waals surface area contributed by atoms with Crippen molar-refractivity contribution in [3.63, 3.8) is 0 Å². The van der Waals surface area contributed by atoms with Crippen molar-refractivity contribution < 1.29 is 0 Å². The van der Waals surface area contributed by atoms with Gasteiger partial charge in [0, 0.05) is 19.8 Å². The summed E-state index contributed by atoms with van der Waals surface area (Å²) < 4.78 is 2.41. The van der Waals surface area contributed by atoms with E-state index in [2.05, 4.69) is 100 Å². The van der Waals surface area contributed by atoms with Crippen LogP contribution in [0.5, 0.6) is 0 Å². The third-order valence-corrected chi connectivity index (χ3v) is 4.25. The van der Waals surface area contributed by atoms with Crippen molar-refractivity contribution in [1.82, 2.24) is 0 Å². The maximum Gasteiger partial charge on any atom is 0.0372 e. The van der Waals surface area contributed by atoms with Crippen LogP contribution in [0.1, 0.15) is 18.1 Å². The molecule has 0 bridgehead atoms. The van der Waals surface area contributed by atoms with Gasteiger partial charge in [0.1, 0.15) is 0 Å². The van der Waals surface area contributed by atoms with Gasteiger partial charge in [-0.3, -0.25) is 0 Å². The molecule has 0 aliphatic rings. The lowest BCUT2D eigenvalue weighted by atomic mass is 10.1. The van der Waals surface area contributed by atoms with Crippen LogP contribution in [0.15, 0.2) is 46.9 Å².